The van der Waals surface area contributed by atoms with Crippen LogP contribution in [0, 0.1) is 5.92 Å². The van der Waals surface area contributed by atoms with Gasteiger partial charge in [-0.1, -0.05) is 32.9 Å². The minimum atomic E-state index is 0.00495. The van der Waals surface area contributed by atoms with Crippen molar-refractivity contribution in [3.05, 3.63) is 29.3 Å². The number of ketones is 1. The highest BCUT2D eigenvalue weighted by atomic mass is 16.5. The second-order valence-electron chi connectivity index (χ2n) is 8.46. The molecule has 0 spiro atoms. The molecule has 4 nitrogen and oxygen atoms in total. The van der Waals surface area contributed by atoms with Crippen molar-refractivity contribution in [1.29, 1.82) is 0 Å². The van der Waals surface area contributed by atoms with Crippen LogP contribution in [-0.2, 0) is 10.2 Å². The predicted octanol–water partition coefficient (Wildman–Crippen LogP) is 3.68. The van der Waals surface area contributed by atoms with Crippen molar-refractivity contribution in [2.75, 3.05) is 33.4 Å². The van der Waals surface area contributed by atoms with Crippen molar-refractivity contribution in [1.82, 2.24) is 4.90 Å². The second-order valence-corrected chi connectivity index (χ2v) is 8.46. The maximum absolute atomic E-state index is 12.7. The Balaban J connectivity index is 1.60. The van der Waals surface area contributed by atoms with Gasteiger partial charge in [0.15, 0.2) is 5.78 Å². The number of hydrogen-bond donors (Lipinski definition) is 0. The number of nitrogens with zero attached hydrogens (tertiary/aromatic N) is 1. The maximum Gasteiger partial charge on any atom is 0.163 e. The Hall–Kier alpha value is -1.39. The van der Waals surface area contributed by atoms with Crippen molar-refractivity contribution in [3.63, 3.8) is 0 Å². The number of methoxy groups -OCH3 is 1. The smallest absolute Gasteiger partial charge is 0.163 e. The number of benzene rings is 1. The lowest BCUT2D eigenvalue weighted by Crippen LogP contribution is -2.51. The first-order valence-corrected chi connectivity index (χ1v) is 9.42. The lowest BCUT2D eigenvalue weighted by molar-refractivity contribution is -0.0737. The van der Waals surface area contributed by atoms with E-state index in [0.29, 0.717) is 18.4 Å². The zero-order valence-corrected chi connectivity index (χ0v) is 16.0. The van der Waals surface area contributed by atoms with Gasteiger partial charge in [0.2, 0.25) is 0 Å². The number of carbonyl (C=O) groups excluding carboxylic acids is 1. The number of hydrogen-bond acceptors (Lipinski definition) is 4. The quantitative estimate of drug-likeness (QED) is 0.763. The van der Waals surface area contributed by atoms with Gasteiger partial charge in [0, 0.05) is 12.0 Å². The van der Waals surface area contributed by atoms with Gasteiger partial charge in [-0.15, -0.1) is 0 Å². The van der Waals surface area contributed by atoms with Crippen molar-refractivity contribution >= 4 is 5.78 Å². The lowest BCUT2D eigenvalue weighted by atomic mass is 9.84. The van der Waals surface area contributed by atoms with Crippen LogP contribution in [-0.4, -0.2) is 50.1 Å². The summed E-state index contributed by atoms with van der Waals surface area (Å²) in [5.74, 6) is 1.56. The van der Waals surface area contributed by atoms with E-state index in [2.05, 4.69) is 25.7 Å². The van der Waals surface area contributed by atoms with Gasteiger partial charge in [-0.3, -0.25) is 9.69 Å². The molecule has 0 bridgehead atoms. The number of rotatable bonds is 5. The molecule has 2 aliphatic heterocycles. The van der Waals surface area contributed by atoms with Crippen LogP contribution in [0.5, 0.6) is 5.75 Å². The number of Topliss-reactive ketones (excluding diaryl/α,β-unsaturated/α-hetero) is 1. The summed E-state index contributed by atoms with van der Waals surface area (Å²) >= 11 is 0. The van der Waals surface area contributed by atoms with E-state index >= 15 is 0 Å². The Labute approximate surface area is 151 Å². The highest BCUT2D eigenvalue weighted by Gasteiger charge is 2.30. The molecule has 1 aromatic rings. The molecule has 25 heavy (non-hydrogen) atoms. The summed E-state index contributed by atoms with van der Waals surface area (Å²) in [4.78, 5) is 15.3. The minimum absolute atomic E-state index is 0.00495. The summed E-state index contributed by atoms with van der Waals surface area (Å²) in [5.41, 5.74) is 1.92. The van der Waals surface area contributed by atoms with Crippen LogP contribution in [0.3, 0.4) is 0 Å². The molecule has 0 aliphatic carbocycles. The van der Waals surface area contributed by atoms with Gasteiger partial charge in [-0.05, 0) is 48.9 Å². The van der Waals surface area contributed by atoms with E-state index in [1.165, 1.54) is 0 Å². The van der Waals surface area contributed by atoms with E-state index in [9.17, 15) is 4.79 Å². The number of piperidine rings is 1. The van der Waals surface area contributed by atoms with Crippen molar-refractivity contribution < 1.29 is 14.3 Å². The summed E-state index contributed by atoms with van der Waals surface area (Å²) in [6.45, 7) is 10.4. The fourth-order valence-corrected chi connectivity index (χ4v) is 3.82. The molecule has 3 rings (SSSR count). The first-order chi connectivity index (χ1) is 11.9. The Morgan fingerprint density at radius 2 is 1.92 bits per heavy atom. The largest absolute Gasteiger partial charge is 0.496 e. The van der Waals surface area contributed by atoms with Crippen LogP contribution < -0.4 is 4.74 Å². The number of ether oxygens (including phenoxy) is 2. The van der Waals surface area contributed by atoms with Gasteiger partial charge < -0.3 is 9.47 Å². The average Bonchev–Trinajstić information content (AvgIpc) is 2.53. The predicted molar refractivity (Wildman–Crippen MR) is 99.5 cm³/mol. The van der Waals surface area contributed by atoms with Crippen LogP contribution in [0.1, 0.15) is 56.0 Å². The average molecular weight is 345 g/mol. The highest BCUT2D eigenvalue weighted by molar-refractivity contribution is 5.96. The molecule has 138 valence electrons. The molecule has 2 heterocycles. The third kappa shape index (κ3) is 4.24. The fourth-order valence-electron chi connectivity index (χ4n) is 3.82. The van der Waals surface area contributed by atoms with Crippen LogP contribution in [0.25, 0.3) is 0 Å². The molecule has 1 aromatic carbocycles. The lowest BCUT2D eigenvalue weighted by Gasteiger charge is -2.41. The second kappa shape index (κ2) is 7.46. The molecule has 2 fully saturated rings. The molecule has 0 radical (unpaired) electrons. The monoisotopic (exact) mass is 345 g/mol. The Morgan fingerprint density at radius 3 is 2.44 bits per heavy atom. The third-order valence-corrected chi connectivity index (χ3v) is 5.59. The van der Waals surface area contributed by atoms with E-state index in [1.54, 1.807) is 7.11 Å². The summed E-state index contributed by atoms with van der Waals surface area (Å²) in [6.07, 6.45) is 2.87. The first-order valence-electron chi connectivity index (χ1n) is 9.42. The molecular weight excluding hydrogens is 314 g/mol. The van der Waals surface area contributed by atoms with E-state index < -0.39 is 0 Å². The van der Waals surface area contributed by atoms with Gasteiger partial charge >= 0.3 is 0 Å². The van der Waals surface area contributed by atoms with Crippen LogP contribution >= 0.6 is 0 Å². The first kappa shape index (κ1) is 18.4. The molecule has 2 saturated heterocycles. The fraction of sp³-hybridized carbons (Fsp3) is 0.667. The van der Waals surface area contributed by atoms with Crippen LogP contribution in [0.15, 0.2) is 18.2 Å². The normalized spacial score (nSPS) is 20.3. The molecule has 0 amide bonds. The molecule has 0 atom stereocenters. The van der Waals surface area contributed by atoms with Gasteiger partial charge in [0.25, 0.3) is 0 Å². The molecule has 2 aliphatic rings. The zero-order valence-electron chi connectivity index (χ0n) is 16.0. The topological polar surface area (TPSA) is 38.8 Å². The minimum Gasteiger partial charge on any atom is -0.496 e. The van der Waals surface area contributed by atoms with Gasteiger partial charge in [-0.2, -0.15) is 0 Å². The summed E-state index contributed by atoms with van der Waals surface area (Å²) in [5, 5.41) is 0. The Kier molecular flexibility index (Phi) is 5.49. The van der Waals surface area contributed by atoms with E-state index in [4.69, 9.17) is 9.47 Å². The van der Waals surface area contributed by atoms with E-state index in [-0.39, 0.29) is 11.2 Å². The molecular formula is C21H31NO3. The van der Waals surface area contributed by atoms with Gasteiger partial charge in [-0.25, -0.2) is 0 Å². The molecule has 0 N–H and O–H groups in total. The van der Waals surface area contributed by atoms with Crippen LogP contribution in [0.2, 0.25) is 0 Å². The summed E-state index contributed by atoms with van der Waals surface area (Å²) < 4.78 is 10.8. The van der Waals surface area contributed by atoms with Crippen LogP contribution in [0.4, 0.5) is 0 Å². The standard InChI is InChI=1S/C21H31NO3/c1-21(2,3)18-6-5-16(12-20(18)24-4)19(23)11-15-7-9-22(10-8-15)17-13-25-14-17/h5-6,12,15,17H,7-11,13-14H2,1-4H3. The SMILES string of the molecule is COc1cc(C(=O)CC2CCN(C3COC3)CC2)ccc1C(C)(C)C. The number of likely N-dealkylation sites (tertiary alicyclic amines) is 1. The molecule has 0 aromatic heterocycles. The van der Waals surface area contributed by atoms with Crippen molar-refractivity contribution in [2.24, 2.45) is 5.92 Å². The van der Waals surface area contributed by atoms with Gasteiger partial charge in [0.05, 0.1) is 26.4 Å². The summed E-state index contributed by atoms with van der Waals surface area (Å²) in [6, 6.07) is 6.55. The molecule has 0 saturated carbocycles. The Bertz CT molecular complexity index is 608. The van der Waals surface area contributed by atoms with Crippen molar-refractivity contribution in [2.45, 2.75) is 51.5 Å². The maximum atomic E-state index is 12.7. The molecule has 0 unspecified atom stereocenters. The molecule has 4 heteroatoms. The number of carbonyl (C=O) groups is 1. The van der Waals surface area contributed by atoms with E-state index in [0.717, 1.165) is 56.0 Å². The third-order valence-electron chi connectivity index (χ3n) is 5.59. The Morgan fingerprint density at radius 1 is 1.24 bits per heavy atom. The highest BCUT2D eigenvalue weighted by Crippen LogP contribution is 2.33. The van der Waals surface area contributed by atoms with Gasteiger partial charge in [0.1, 0.15) is 5.75 Å². The zero-order chi connectivity index (χ0) is 18.0. The van der Waals surface area contributed by atoms with Crippen molar-refractivity contribution in [3.8, 4) is 5.75 Å². The summed E-state index contributed by atoms with van der Waals surface area (Å²) in [7, 11) is 1.68. The van der Waals surface area contributed by atoms with E-state index in [1.807, 2.05) is 18.2 Å².